The SMILES string of the molecule is O=C1CCC(n2c(O)ccc2O)C(=O)O1. The van der Waals surface area contributed by atoms with Crippen molar-refractivity contribution in [3.63, 3.8) is 0 Å². The van der Waals surface area contributed by atoms with Gasteiger partial charge in [-0.25, -0.2) is 4.79 Å². The van der Waals surface area contributed by atoms with Gasteiger partial charge in [0, 0.05) is 18.6 Å². The summed E-state index contributed by atoms with van der Waals surface area (Å²) in [6.07, 6.45) is 0.306. The highest BCUT2D eigenvalue weighted by Gasteiger charge is 2.32. The van der Waals surface area contributed by atoms with Crippen LogP contribution in [0.15, 0.2) is 12.1 Å². The number of aromatic nitrogens is 1. The lowest BCUT2D eigenvalue weighted by Crippen LogP contribution is -2.29. The second kappa shape index (κ2) is 3.30. The van der Waals surface area contributed by atoms with Gasteiger partial charge in [-0.05, 0) is 6.42 Å². The molecule has 1 saturated heterocycles. The Labute approximate surface area is 84.7 Å². The third-order valence-electron chi connectivity index (χ3n) is 2.30. The molecule has 2 rings (SSSR count). The Bertz CT molecular complexity index is 403. The highest BCUT2D eigenvalue weighted by atomic mass is 16.6. The molecule has 1 aliphatic rings. The van der Waals surface area contributed by atoms with Crippen LogP contribution in [0.1, 0.15) is 18.9 Å². The van der Waals surface area contributed by atoms with Gasteiger partial charge in [-0.1, -0.05) is 0 Å². The van der Waals surface area contributed by atoms with Crippen LogP contribution in [0.2, 0.25) is 0 Å². The minimum atomic E-state index is -0.835. The van der Waals surface area contributed by atoms with Gasteiger partial charge in [-0.3, -0.25) is 9.36 Å². The van der Waals surface area contributed by atoms with Crippen molar-refractivity contribution in [2.75, 3.05) is 0 Å². The maximum atomic E-state index is 11.3. The summed E-state index contributed by atoms with van der Waals surface area (Å²) >= 11 is 0. The minimum Gasteiger partial charge on any atom is -0.494 e. The molecule has 1 aliphatic heterocycles. The molecule has 0 bridgehead atoms. The van der Waals surface area contributed by atoms with Crippen LogP contribution in [0.5, 0.6) is 11.8 Å². The van der Waals surface area contributed by atoms with Crippen LogP contribution in [0, 0.1) is 0 Å². The molecule has 0 aromatic carbocycles. The first kappa shape index (κ1) is 9.57. The largest absolute Gasteiger partial charge is 0.494 e. The smallest absolute Gasteiger partial charge is 0.337 e. The third-order valence-corrected chi connectivity index (χ3v) is 2.30. The summed E-state index contributed by atoms with van der Waals surface area (Å²) in [5, 5.41) is 18.8. The van der Waals surface area contributed by atoms with Crippen LogP contribution in [-0.4, -0.2) is 26.7 Å². The maximum Gasteiger partial charge on any atom is 0.337 e. The Balaban J connectivity index is 2.32. The van der Waals surface area contributed by atoms with Crippen molar-refractivity contribution in [1.29, 1.82) is 0 Å². The molecule has 15 heavy (non-hydrogen) atoms. The van der Waals surface area contributed by atoms with Gasteiger partial charge >= 0.3 is 11.9 Å². The molecule has 0 spiro atoms. The van der Waals surface area contributed by atoms with Crippen LogP contribution in [0.3, 0.4) is 0 Å². The van der Waals surface area contributed by atoms with Crippen LogP contribution in [0.25, 0.3) is 0 Å². The van der Waals surface area contributed by atoms with Crippen molar-refractivity contribution in [1.82, 2.24) is 4.57 Å². The van der Waals surface area contributed by atoms with Gasteiger partial charge in [0.05, 0.1) is 0 Å². The number of carbonyl (C=O) groups is 2. The van der Waals surface area contributed by atoms with Crippen molar-refractivity contribution in [3.05, 3.63) is 12.1 Å². The van der Waals surface area contributed by atoms with E-state index in [0.29, 0.717) is 0 Å². The van der Waals surface area contributed by atoms with Crippen molar-refractivity contribution in [2.24, 2.45) is 0 Å². The monoisotopic (exact) mass is 211 g/mol. The lowest BCUT2D eigenvalue weighted by molar-refractivity contribution is -0.166. The van der Waals surface area contributed by atoms with Crippen molar-refractivity contribution in [2.45, 2.75) is 18.9 Å². The normalized spacial score (nSPS) is 21.5. The fourth-order valence-electron chi connectivity index (χ4n) is 1.58. The third kappa shape index (κ3) is 1.54. The number of aromatic hydroxyl groups is 2. The van der Waals surface area contributed by atoms with Crippen LogP contribution in [0.4, 0.5) is 0 Å². The molecule has 1 aromatic rings. The summed E-state index contributed by atoms with van der Waals surface area (Å²) in [5.41, 5.74) is 0. The molecule has 2 N–H and O–H groups in total. The Morgan fingerprint density at radius 2 is 1.87 bits per heavy atom. The van der Waals surface area contributed by atoms with E-state index in [0.717, 1.165) is 4.57 Å². The molecule has 6 heteroatoms. The van der Waals surface area contributed by atoms with Gasteiger partial charge in [0.1, 0.15) is 6.04 Å². The quantitative estimate of drug-likeness (QED) is 0.515. The molecule has 6 nitrogen and oxygen atoms in total. The Morgan fingerprint density at radius 3 is 2.40 bits per heavy atom. The van der Waals surface area contributed by atoms with Crippen LogP contribution >= 0.6 is 0 Å². The number of ether oxygens (including phenoxy) is 1. The van der Waals surface area contributed by atoms with Gasteiger partial charge in [0.15, 0.2) is 11.8 Å². The molecule has 1 atom stereocenters. The zero-order valence-corrected chi connectivity index (χ0v) is 7.71. The standard InChI is InChI=1S/C9H9NO5/c11-6-2-3-7(12)10(6)5-1-4-8(13)15-9(5)14/h2-3,5,11-12H,1,4H2. The predicted octanol–water partition coefficient (Wildman–Crippen LogP) is 0.304. The summed E-state index contributed by atoms with van der Waals surface area (Å²) in [6.45, 7) is 0. The second-order valence-electron chi connectivity index (χ2n) is 3.27. The van der Waals surface area contributed by atoms with E-state index in [4.69, 9.17) is 0 Å². The van der Waals surface area contributed by atoms with Gasteiger partial charge in [-0.2, -0.15) is 0 Å². The zero-order chi connectivity index (χ0) is 11.0. The van der Waals surface area contributed by atoms with Gasteiger partial charge in [0.2, 0.25) is 0 Å². The van der Waals surface area contributed by atoms with E-state index in [1.807, 2.05) is 0 Å². The van der Waals surface area contributed by atoms with E-state index in [1.165, 1.54) is 12.1 Å². The molecule has 2 heterocycles. The highest BCUT2D eigenvalue weighted by molar-refractivity contribution is 5.90. The van der Waals surface area contributed by atoms with E-state index in [2.05, 4.69) is 4.74 Å². The van der Waals surface area contributed by atoms with Crippen molar-refractivity contribution < 1.29 is 24.5 Å². The predicted molar refractivity (Wildman–Crippen MR) is 47.1 cm³/mol. The zero-order valence-electron chi connectivity index (χ0n) is 7.71. The molecule has 80 valence electrons. The molecular weight excluding hydrogens is 202 g/mol. The molecule has 1 fully saturated rings. The first-order valence-corrected chi connectivity index (χ1v) is 4.43. The maximum absolute atomic E-state index is 11.3. The number of cyclic esters (lactones) is 2. The van der Waals surface area contributed by atoms with E-state index >= 15 is 0 Å². The Hall–Kier alpha value is -1.98. The van der Waals surface area contributed by atoms with E-state index < -0.39 is 18.0 Å². The Morgan fingerprint density at radius 1 is 1.27 bits per heavy atom. The summed E-state index contributed by atoms with van der Waals surface area (Å²) < 4.78 is 5.45. The van der Waals surface area contributed by atoms with Crippen molar-refractivity contribution >= 4 is 11.9 Å². The summed E-state index contributed by atoms with van der Waals surface area (Å²) in [5.74, 6) is -1.80. The topological polar surface area (TPSA) is 88.8 Å². The molecule has 0 aliphatic carbocycles. The molecule has 1 unspecified atom stereocenters. The molecule has 1 aromatic heterocycles. The van der Waals surface area contributed by atoms with Gasteiger partial charge in [0.25, 0.3) is 0 Å². The number of hydrogen-bond donors (Lipinski definition) is 2. The van der Waals surface area contributed by atoms with Crippen molar-refractivity contribution in [3.8, 4) is 11.8 Å². The van der Waals surface area contributed by atoms with E-state index in [-0.39, 0.29) is 24.6 Å². The minimum absolute atomic E-state index is 0.0907. The molecule has 0 amide bonds. The Kier molecular flexibility index (Phi) is 2.11. The molecule has 0 saturated carbocycles. The summed E-state index contributed by atoms with van der Waals surface area (Å²) in [7, 11) is 0. The number of nitrogens with zero attached hydrogens (tertiary/aromatic N) is 1. The summed E-state index contributed by atoms with van der Waals surface area (Å²) in [4.78, 5) is 22.1. The lowest BCUT2D eigenvalue weighted by atomic mass is 10.1. The first-order chi connectivity index (χ1) is 7.09. The average molecular weight is 211 g/mol. The fourth-order valence-corrected chi connectivity index (χ4v) is 1.58. The number of hydrogen-bond acceptors (Lipinski definition) is 5. The molecule has 0 radical (unpaired) electrons. The van der Waals surface area contributed by atoms with Crippen LogP contribution in [-0.2, 0) is 14.3 Å². The number of rotatable bonds is 1. The average Bonchev–Trinajstić information content (AvgIpc) is 2.48. The van der Waals surface area contributed by atoms with Gasteiger partial charge in [-0.15, -0.1) is 0 Å². The second-order valence-corrected chi connectivity index (χ2v) is 3.27. The van der Waals surface area contributed by atoms with E-state index in [9.17, 15) is 19.8 Å². The number of esters is 2. The first-order valence-electron chi connectivity index (χ1n) is 4.43. The lowest BCUT2D eigenvalue weighted by Gasteiger charge is -2.21. The summed E-state index contributed by atoms with van der Waals surface area (Å²) in [6, 6.07) is 1.69. The van der Waals surface area contributed by atoms with E-state index in [1.54, 1.807) is 0 Å². The van der Waals surface area contributed by atoms with Gasteiger partial charge < -0.3 is 14.9 Å². The molecular formula is C9H9NO5. The highest BCUT2D eigenvalue weighted by Crippen LogP contribution is 2.31. The number of carbonyl (C=O) groups excluding carboxylic acids is 2. The van der Waals surface area contributed by atoms with Crippen LogP contribution < -0.4 is 0 Å². The fraction of sp³-hybridized carbons (Fsp3) is 0.333.